The molecule has 6 aromatic carbocycles. The van der Waals surface area contributed by atoms with Gasteiger partial charge in [0, 0.05) is 45.2 Å². The second-order valence-electron chi connectivity index (χ2n) is 14.3. The predicted octanol–water partition coefficient (Wildman–Crippen LogP) is 13.0. The van der Waals surface area contributed by atoms with Crippen molar-refractivity contribution in [1.29, 1.82) is 0 Å². The maximum atomic E-state index is 5.37. The lowest BCUT2D eigenvalue weighted by atomic mass is 9.95. The molecule has 0 radical (unpaired) electrons. The Morgan fingerprint density at radius 2 is 0.930 bits per heavy atom. The Bertz CT molecular complexity index is 3190. The Hall–Kier alpha value is -7.76. The van der Waals surface area contributed by atoms with Gasteiger partial charge in [-0.25, -0.2) is 9.97 Å². The average molecular weight is 728 g/mol. The maximum absolute atomic E-state index is 5.37. The topological polar surface area (TPSA) is 56.5 Å². The third-order valence-electron chi connectivity index (χ3n) is 10.9. The average Bonchev–Trinajstić information content (AvgIpc) is 3.62. The zero-order chi connectivity index (χ0) is 37.7. The Morgan fingerprint density at radius 1 is 0.316 bits per heavy atom. The number of nitrogens with zero attached hydrogens (tertiary/aromatic N) is 5. The molecule has 0 saturated carbocycles. The van der Waals surface area contributed by atoms with Crippen LogP contribution in [0.4, 0.5) is 0 Å². The molecule has 0 bridgehead atoms. The monoisotopic (exact) mass is 727 g/mol. The van der Waals surface area contributed by atoms with Gasteiger partial charge in [0.05, 0.1) is 45.0 Å². The van der Waals surface area contributed by atoms with Crippen molar-refractivity contribution in [3.05, 3.63) is 200 Å². The minimum absolute atomic E-state index is 0.808. The molecule has 0 unspecified atom stereocenters. The Labute approximate surface area is 329 Å². The third kappa shape index (κ3) is 5.72. The van der Waals surface area contributed by atoms with Gasteiger partial charge in [-0.05, 0) is 107 Å². The van der Waals surface area contributed by atoms with Crippen LogP contribution in [0.25, 0.3) is 105 Å². The van der Waals surface area contributed by atoms with E-state index in [-0.39, 0.29) is 0 Å². The van der Waals surface area contributed by atoms with Gasteiger partial charge in [-0.3, -0.25) is 9.97 Å². The zero-order valence-corrected chi connectivity index (χ0v) is 30.8. The van der Waals surface area contributed by atoms with E-state index in [4.69, 9.17) is 9.97 Å². The van der Waals surface area contributed by atoms with E-state index in [1.54, 1.807) is 12.4 Å². The van der Waals surface area contributed by atoms with E-state index in [9.17, 15) is 0 Å². The van der Waals surface area contributed by atoms with Gasteiger partial charge in [-0.15, -0.1) is 0 Å². The fraction of sp³-hybridized carbons (Fsp3) is 0. The fourth-order valence-electron chi connectivity index (χ4n) is 8.16. The van der Waals surface area contributed by atoms with Gasteiger partial charge in [-0.2, -0.15) is 0 Å². The summed E-state index contributed by atoms with van der Waals surface area (Å²) in [4.78, 5) is 19.5. The molecular weight excluding hydrogens is 695 g/mol. The lowest BCUT2D eigenvalue weighted by Gasteiger charge is -2.14. The second kappa shape index (κ2) is 13.5. The highest BCUT2D eigenvalue weighted by molar-refractivity contribution is 6.20. The van der Waals surface area contributed by atoms with Crippen LogP contribution in [0.3, 0.4) is 0 Å². The molecule has 11 rings (SSSR count). The van der Waals surface area contributed by atoms with Crippen molar-refractivity contribution in [3.63, 3.8) is 0 Å². The Kier molecular flexibility index (Phi) is 7.74. The number of aromatic nitrogens is 5. The van der Waals surface area contributed by atoms with Gasteiger partial charge >= 0.3 is 0 Å². The van der Waals surface area contributed by atoms with E-state index in [0.717, 1.165) is 83.8 Å². The van der Waals surface area contributed by atoms with Gasteiger partial charge in [0.2, 0.25) is 0 Å². The van der Waals surface area contributed by atoms with Crippen molar-refractivity contribution in [2.45, 2.75) is 0 Å². The second-order valence-corrected chi connectivity index (χ2v) is 14.3. The van der Waals surface area contributed by atoms with Crippen molar-refractivity contribution >= 4 is 43.5 Å². The first-order chi connectivity index (χ1) is 28.2. The van der Waals surface area contributed by atoms with E-state index < -0.39 is 0 Å². The lowest BCUT2D eigenvalue weighted by molar-refractivity contribution is 1.18. The molecule has 0 N–H and O–H groups in total. The summed E-state index contributed by atoms with van der Waals surface area (Å²) in [6, 6.07) is 66.1. The van der Waals surface area contributed by atoms with E-state index in [1.165, 1.54) is 21.7 Å². The standard InChI is InChI=1S/C52H33N5/c1-3-13-36(14-4-1)52-44-33-51-43(40-17-7-8-20-50(40)57(51)39-15-5-2-6-16-39)32-41(44)42-29-37(25-26-45(42)56-52)34-21-23-35(24-22-34)38-30-48(46-18-9-11-27-53-46)55-49(31-38)47-19-10-12-28-54-47/h1-33H. The van der Waals surface area contributed by atoms with Crippen molar-refractivity contribution in [3.8, 4) is 62.0 Å². The van der Waals surface area contributed by atoms with Crippen LogP contribution < -0.4 is 0 Å². The molecule has 5 heteroatoms. The van der Waals surface area contributed by atoms with Gasteiger partial charge in [0.15, 0.2) is 0 Å². The molecular formula is C52H33N5. The van der Waals surface area contributed by atoms with Gasteiger partial charge in [0.25, 0.3) is 0 Å². The summed E-state index contributed by atoms with van der Waals surface area (Å²) in [5.74, 6) is 0. The van der Waals surface area contributed by atoms with Crippen LogP contribution in [0.1, 0.15) is 0 Å². The summed E-state index contributed by atoms with van der Waals surface area (Å²) in [7, 11) is 0. The smallest absolute Gasteiger partial charge is 0.0900 e. The molecule has 57 heavy (non-hydrogen) atoms. The Balaban J connectivity index is 1.07. The van der Waals surface area contributed by atoms with Crippen LogP contribution in [0.2, 0.25) is 0 Å². The molecule has 0 saturated heterocycles. The van der Waals surface area contributed by atoms with Crippen LogP contribution in [0, 0.1) is 0 Å². The Morgan fingerprint density at radius 3 is 1.61 bits per heavy atom. The highest BCUT2D eigenvalue weighted by Crippen LogP contribution is 2.41. The minimum Gasteiger partial charge on any atom is -0.309 e. The van der Waals surface area contributed by atoms with Crippen LogP contribution in [-0.4, -0.2) is 24.5 Å². The van der Waals surface area contributed by atoms with Gasteiger partial charge < -0.3 is 4.57 Å². The molecule has 5 heterocycles. The van der Waals surface area contributed by atoms with E-state index in [1.807, 2.05) is 36.4 Å². The van der Waals surface area contributed by atoms with Crippen LogP contribution in [0.15, 0.2) is 200 Å². The van der Waals surface area contributed by atoms with Crippen LogP contribution in [-0.2, 0) is 0 Å². The molecule has 0 fully saturated rings. The fourth-order valence-corrected chi connectivity index (χ4v) is 8.16. The SMILES string of the molecule is c1ccc(-c2nc3ccc(-c4ccc(-c5cc(-c6ccccn6)nc(-c6ccccn6)c5)cc4)cc3c3cc4c5ccccc5n(-c5ccccc5)c4cc23)cc1. The van der Waals surface area contributed by atoms with Crippen molar-refractivity contribution in [2.75, 3.05) is 0 Å². The minimum atomic E-state index is 0.808. The van der Waals surface area contributed by atoms with Crippen molar-refractivity contribution in [1.82, 2.24) is 24.5 Å². The molecule has 0 spiro atoms. The highest BCUT2D eigenvalue weighted by atomic mass is 15.0. The van der Waals surface area contributed by atoms with E-state index in [2.05, 4.69) is 166 Å². The first-order valence-electron chi connectivity index (χ1n) is 19.1. The summed E-state index contributed by atoms with van der Waals surface area (Å²) in [6.45, 7) is 0. The number of benzene rings is 6. The van der Waals surface area contributed by atoms with Crippen molar-refractivity contribution < 1.29 is 0 Å². The summed E-state index contributed by atoms with van der Waals surface area (Å²) in [5.41, 5.74) is 14.2. The normalized spacial score (nSPS) is 11.5. The van der Waals surface area contributed by atoms with Crippen LogP contribution >= 0.6 is 0 Å². The predicted molar refractivity (Wildman–Crippen MR) is 234 cm³/mol. The van der Waals surface area contributed by atoms with Crippen molar-refractivity contribution in [2.24, 2.45) is 0 Å². The lowest BCUT2D eigenvalue weighted by Crippen LogP contribution is -1.95. The number of hydrogen-bond donors (Lipinski definition) is 0. The van der Waals surface area contributed by atoms with E-state index in [0.29, 0.717) is 0 Å². The molecule has 11 aromatic rings. The summed E-state index contributed by atoms with van der Waals surface area (Å²) in [6.07, 6.45) is 3.60. The highest BCUT2D eigenvalue weighted by Gasteiger charge is 2.18. The number of rotatable bonds is 6. The quantitative estimate of drug-likeness (QED) is 0.160. The largest absolute Gasteiger partial charge is 0.309 e. The van der Waals surface area contributed by atoms with Gasteiger partial charge in [-0.1, -0.05) is 109 Å². The first kappa shape index (κ1) is 32.7. The molecule has 5 nitrogen and oxygen atoms in total. The molecule has 0 atom stereocenters. The molecule has 0 aliphatic carbocycles. The van der Waals surface area contributed by atoms with Gasteiger partial charge in [0.1, 0.15) is 0 Å². The van der Waals surface area contributed by atoms with E-state index >= 15 is 0 Å². The molecule has 0 amide bonds. The summed E-state index contributed by atoms with van der Waals surface area (Å²) >= 11 is 0. The number of fused-ring (bicyclic) bond motifs is 6. The third-order valence-corrected chi connectivity index (χ3v) is 10.9. The molecule has 266 valence electrons. The molecule has 5 aromatic heterocycles. The number of para-hydroxylation sites is 2. The molecule has 0 aliphatic rings. The summed E-state index contributed by atoms with van der Waals surface area (Å²) < 4.78 is 2.38. The zero-order valence-electron chi connectivity index (χ0n) is 30.8. The summed E-state index contributed by atoms with van der Waals surface area (Å²) in [5, 5.41) is 5.87. The number of hydrogen-bond acceptors (Lipinski definition) is 4. The first-order valence-corrected chi connectivity index (χ1v) is 19.1. The van der Waals surface area contributed by atoms with Crippen LogP contribution in [0.5, 0.6) is 0 Å². The number of pyridine rings is 4. The molecule has 0 aliphatic heterocycles. The maximum Gasteiger partial charge on any atom is 0.0900 e.